The fourth-order valence-corrected chi connectivity index (χ4v) is 3.10. The smallest absolute Gasteiger partial charge is 0.0750 e. The third kappa shape index (κ3) is 0.944. The van der Waals surface area contributed by atoms with Crippen molar-refractivity contribution < 1.29 is 5.11 Å². The van der Waals surface area contributed by atoms with Gasteiger partial charge in [-0.1, -0.05) is 13.8 Å². The molecule has 0 radical (unpaired) electrons. The van der Waals surface area contributed by atoms with Crippen LogP contribution in [0, 0.1) is 17.8 Å². The fourth-order valence-electron chi connectivity index (χ4n) is 3.10. The van der Waals surface area contributed by atoms with E-state index in [9.17, 15) is 5.11 Å². The van der Waals surface area contributed by atoms with Crippen LogP contribution in [0.3, 0.4) is 0 Å². The van der Waals surface area contributed by atoms with Gasteiger partial charge in [0, 0.05) is 24.9 Å². The Labute approximate surface area is 74.4 Å². The van der Waals surface area contributed by atoms with Gasteiger partial charge in [-0.3, -0.25) is 0 Å². The van der Waals surface area contributed by atoms with Gasteiger partial charge < -0.3 is 10.4 Å². The van der Waals surface area contributed by atoms with Gasteiger partial charge in [-0.2, -0.15) is 0 Å². The summed E-state index contributed by atoms with van der Waals surface area (Å²) < 4.78 is 0. The van der Waals surface area contributed by atoms with Crippen LogP contribution in [0.2, 0.25) is 0 Å². The number of piperidine rings is 1. The number of hydrogen-bond acceptors (Lipinski definition) is 2. The van der Waals surface area contributed by atoms with E-state index in [1.165, 1.54) is 12.8 Å². The molecule has 0 spiro atoms. The van der Waals surface area contributed by atoms with Crippen LogP contribution in [0.1, 0.15) is 26.7 Å². The van der Waals surface area contributed by atoms with Crippen molar-refractivity contribution in [3.63, 3.8) is 0 Å². The van der Waals surface area contributed by atoms with Gasteiger partial charge in [0.1, 0.15) is 0 Å². The molecule has 2 N–H and O–H groups in total. The first kappa shape index (κ1) is 8.52. The summed E-state index contributed by atoms with van der Waals surface area (Å²) in [4.78, 5) is 0. The number of aliphatic hydroxyl groups is 1. The van der Waals surface area contributed by atoms with E-state index in [4.69, 9.17) is 0 Å². The first-order valence-electron chi connectivity index (χ1n) is 5.08. The monoisotopic (exact) mass is 169 g/mol. The number of hydrogen-bond donors (Lipinski definition) is 2. The van der Waals surface area contributed by atoms with Gasteiger partial charge in [0.2, 0.25) is 0 Å². The average molecular weight is 169 g/mol. The van der Waals surface area contributed by atoms with Crippen LogP contribution in [0.25, 0.3) is 0 Å². The summed E-state index contributed by atoms with van der Waals surface area (Å²) in [5.41, 5.74) is -0.356. The summed E-state index contributed by atoms with van der Waals surface area (Å²) >= 11 is 0. The average Bonchev–Trinajstić information content (AvgIpc) is 2.24. The van der Waals surface area contributed by atoms with Gasteiger partial charge in [0.25, 0.3) is 0 Å². The molecule has 2 aliphatic rings. The second-order valence-corrected chi connectivity index (χ2v) is 4.67. The van der Waals surface area contributed by atoms with E-state index in [1.807, 2.05) is 0 Å². The Bertz CT molecular complexity index is 163. The normalized spacial score (nSPS) is 47.0. The SMILES string of the molecule is CC(C)C1(O)C2CCC1CNC2. The van der Waals surface area contributed by atoms with Crippen molar-refractivity contribution in [2.45, 2.75) is 32.3 Å². The topological polar surface area (TPSA) is 32.3 Å². The molecule has 0 aromatic heterocycles. The minimum Gasteiger partial charge on any atom is -0.389 e. The number of nitrogens with one attached hydrogen (secondary N) is 1. The van der Waals surface area contributed by atoms with Crippen LogP contribution in [0.5, 0.6) is 0 Å². The highest BCUT2D eigenvalue weighted by atomic mass is 16.3. The second-order valence-electron chi connectivity index (χ2n) is 4.67. The summed E-state index contributed by atoms with van der Waals surface area (Å²) in [6.45, 7) is 6.34. The maximum absolute atomic E-state index is 10.5. The maximum Gasteiger partial charge on any atom is 0.0750 e. The van der Waals surface area contributed by atoms with Crippen molar-refractivity contribution >= 4 is 0 Å². The van der Waals surface area contributed by atoms with Crippen LogP contribution in [0.4, 0.5) is 0 Å². The molecule has 0 aromatic rings. The van der Waals surface area contributed by atoms with E-state index >= 15 is 0 Å². The van der Waals surface area contributed by atoms with E-state index in [1.54, 1.807) is 0 Å². The highest BCUT2D eigenvalue weighted by molar-refractivity contribution is 5.04. The summed E-state index contributed by atoms with van der Waals surface area (Å²) in [6.07, 6.45) is 2.43. The number of fused-ring (bicyclic) bond motifs is 2. The zero-order valence-corrected chi connectivity index (χ0v) is 8.01. The Morgan fingerprint density at radius 1 is 1.25 bits per heavy atom. The lowest BCUT2D eigenvalue weighted by Crippen LogP contribution is -2.55. The van der Waals surface area contributed by atoms with Crippen LogP contribution in [-0.2, 0) is 0 Å². The molecular weight excluding hydrogens is 150 g/mol. The molecule has 2 nitrogen and oxygen atoms in total. The van der Waals surface area contributed by atoms with Crippen molar-refractivity contribution in [2.24, 2.45) is 17.8 Å². The Kier molecular flexibility index (Phi) is 1.92. The third-order valence-corrected chi connectivity index (χ3v) is 3.88. The Balaban J connectivity index is 2.24. The van der Waals surface area contributed by atoms with Crippen molar-refractivity contribution in [1.29, 1.82) is 0 Å². The van der Waals surface area contributed by atoms with Crippen LogP contribution < -0.4 is 5.32 Å². The molecule has 1 heterocycles. The zero-order valence-electron chi connectivity index (χ0n) is 8.01. The van der Waals surface area contributed by atoms with Crippen molar-refractivity contribution in [3.8, 4) is 0 Å². The molecular formula is C10H19NO. The molecule has 2 atom stereocenters. The van der Waals surface area contributed by atoms with Gasteiger partial charge in [-0.05, 0) is 18.8 Å². The van der Waals surface area contributed by atoms with Crippen LogP contribution in [-0.4, -0.2) is 23.8 Å². The van der Waals surface area contributed by atoms with Gasteiger partial charge in [0.15, 0.2) is 0 Å². The second kappa shape index (κ2) is 2.71. The highest BCUT2D eigenvalue weighted by Crippen LogP contribution is 2.46. The fraction of sp³-hybridized carbons (Fsp3) is 1.00. The molecule has 1 aliphatic carbocycles. The Morgan fingerprint density at radius 3 is 2.08 bits per heavy atom. The van der Waals surface area contributed by atoms with Crippen LogP contribution in [0.15, 0.2) is 0 Å². The van der Waals surface area contributed by atoms with Gasteiger partial charge in [-0.15, -0.1) is 0 Å². The molecule has 12 heavy (non-hydrogen) atoms. The molecule has 1 saturated heterocycles. The lowest BCUT2D eigenvalue weighted by molar-refractivity contribution is -0.0881. The van der Waals surface area contributed by atoms with Gasteiger partial charge >= 0.3 is 0 Å². The lowest BCUT2D eigenvalue weighted by Gasteiger charge is -2.43. The molecule has 1 aliphatic heterocycles. The minimum absolute atomic E-state index is 0.356. The molecule has 2 rings (SSSR count). The van der Waals surface area contributed by atoms with Crippen molar-refractivity contribution in [2.75, 3.05) is 13.1 Å². The van der Waals surface area contributed by atoms with Crippen molar-refractivity contribution in [3.05, 3.63) is 0 Å². The predicted octanol–water partition coefficient (Wildman–Crippen LogP) is 1.00. The van der Waals surface area contributed by atoms with Gasteiger partial charge in [-0.25, -0.2) is 0 Å². The largest absolute Gasteiger partial charge is 0.389 e. The quantitative estimate of drug-likeness (QED) is 0.614. The predicted molar refractivity (Wildman–Crippen MR) is 48.9 cm³/mol. The summed E-state index contributed by atoms with van der Waals surface area (Å²) in [7, 11) is 0. The molecule has 2 fully saturated rings. The van der Waals surface area contributed by atoms with Crippen LogP contribution >= 0.6 is 0 Å². The van der Waals surface area contributed by atoms with Crippen molar-refractivity contribution in [1.82, 2.24) is 5.32 Å². The zero-order chi connectivity index (χ0) is 8.77. The molecule has 1 saturated carbocycles. The summed E-state index contributed by atoms with van der Waals surface area (Å²) in [5, 5.41) is 13.9. The Hall–Kier alpha value is -0.0800. The van der Waals surface area contributed by atoms with Gasteiger partial charge in [0.05, 0.1) is 5.60 Å². The third-order valence-electron chi connectivity index (χ3n) is 3.88. The maximum atomic E-state index is 10.5. The van der Waals surface area contributed by atoms with E-state index < -0.39 is 0 Å². The van der Waals surface area contributed by atoms with E-state index in [0.29, 0.717) is 17.8 Å². The molecule has 70 valence electrons. The van der Waals surface area contributed by atoms with E-state index in [2.05, 4.69) is 19.2 Å². The molecule has 0 aromatic carbocycles. The standard InChI is InChI=1S/C10H19NO/c1-7(2)10(12)8-3-4-9(10)6-11-5-8/h7-9,11-12H,3-6H2,1-2H3. The Morgan fingerprint density at radius 2 is 1.75 bits per heavy atom. The van der Waals surface area contributed by atoms with E-state index in [-0.39, 0.29) is 5.60 Å². The molecule has 2 unspecified atom stereocenters. The molecule has 0 amide bonds. The molecule has 2 heteroatoms. The summed E-state index contributed by atoms with van der Waals surface area (Å²) in [6, 6.07) is 0. The highest BCUT2D eigenvalue weighted by Gasteiger charge is 2.52. The van der Waals surface area contributed by atoms with E-state index in [0.717, 1.165) is 13.1 Å². The number of rotatable bonds is 1. The first-order valence-corrected chi connectivity index (χ1v) is 5.08. The summed E-state index contributed by atoms with van der Waals surface area (Å²) in [5.74, 6) is 1.43. The minimum atomic E-state index is -0.356. The lowest BCUT2D eigenvalue weighted by atomic mass is 9.73. The first-order chi connectivity index (χ1) is 5.65. The molecule has 2 bridgehead atoms.